The lowest BCUT2D eigenvalue weighted by atomic mass is 9.96. The number of benzene rings is 2. The number of nitro benzene ring substituents is 1. The minimum absolute atomic E-state index is 0.0186. The molecular formula is C21H25N3O3. The van der Waals surface area contributed by atoms with E-state index in [9.17, 15) is 14.9 Å². The Morgan fingerprint density at radius 1 is 1.07 bits per heavy atom. The van der Waals surface area contributed by atoms with Crippen molar-refractivity contribution in [2.75, 3.05) is 0 Å². The third-order valence-corrected chi connectivity index (χ3v) is 4.35. The number of carbonyl (C=O) groups is 1. The molecule has 1 atom stereocenters. The Labute approximate surface area is 159 Å². The van der Waals surface area contributed by atoms with E-state index in [1.54, 1.807) is 19.1 Å². The van der Waals surface area contributed by atoms with Crippen LogP contribution < -0.4 is 5.43 Å². The van der Waals surface area contributed by atoms with Crippen LogP contribution in [0.2, 0.25) is 0 Å². The summed E-state index contributed by atoms with van der Waals surface area (Å²) in [7, 11) is 0. The molecular weight excluding hydrogens is 342 g/mol. The van der Waals surface area contributed by atoms with E-state index in [2.05, 4.69) is 36.5 Å². The molecule has 1 amide bonds. The van der Waals surface area contributed by atoms with Crippen molar-refractivity contribution in [2.24, 2.45) is 11.0 Å². The van der Waals surface area contributed by atoms with Crippen LogP contribution in [0.15, 0.2) is 53.6 Å². The lowest BCUT2D eigenvalue weighted by Crippen LogP contribution is -2.24. The Morgan fingerprint density at radius 2 is 1.67 bits per heavy atom. The molecule has 0 fully saturated rings. The molecule has 1 unspecified atom stereocenters. The fourth-order valence-electron chi connectivity index (χ4n) is 2.69. The van der Waals surface area contributed by atoms with Gasteiger partial charge in [-0.05, 0) is 55.0 Å². The monoisotopic (exact) mass is 367 g/mol. The number of amides is 1. The number of rotatable bonds is 7. The zero-order valence-corrected chi connectivity index (χ0v) is 16.1. The highest BCUT2D eigenvalue weighted by Crippen LogP contribution is 2.18. The second kappa shape index (κ2) is 9.07. The van der Waals surface area contributed by atoms with Crippen molar-refractivity contribution in [3.8, 4) is 0 Å². The van der Waals surface area contributed by atoms with Gasteiger partial charge in [-0.15, -0.1) is 0 Å². The van der Waals surface area contributed by atoms with Gasteiger partial charge in [0.1, 0.15) is 0 Å². The fourth-order valence-corrected chi connectivity index (χ4v) is 2.69. The zero-order valence-electron chi connectivity index (χ0n) is 16.1. The topological polar surface area (TPSA) is 84.6 Å². The summed E-state index contributed by atoms with van der Waals surface area (Å²) < 4.78 is 0. The van der Waals surface area contributed by atoms with Crippen LogP contribution in [0.4, 0.5) is 5.69 Å². The predicted octanol–water partition coefficient (Wildman–Crippen LogP) is 4.44. The van der Waals surface area contributed by atoms with Crippen LogP contribution in [-0.4, -0.2) is 16.5 Å². The fraction of sp³-hybridized carbons (Fsp3) is 0.333. The number of carbonyl (C=O) groups excluding carboxylic acids is 1. The van der Waals surface area contributed by atoms with E-state index in [0.29, 0.717) is 17.2 Å². The van der Waals surface area contributed by atoms with Crippen LogP contribution in [-0.2, 0) is 11.2 Å². The molecule has 2 aromatic rings. The summed E-state index contributed by atoms with van der Waals surface area (Å²) in [6.07, 6.45) is 1.01. The average Bonchev–Trinajstić information content (AvgIpc) is 2.65. The summed E-state index contributed by atoms with van der Waals surface area (Å²) in [5.74, 6) is 0.0627. The Morgan fingerprint density at radius 3 is 2.19 bits per heavy atom. The molecule has 0 aliphatic rings. The van der Waals surface area contributed by atoms with Gasteiger partial charge in [0.2, 0.25) is 5.91 Å². The quantitative estimate of drug-likeness (QED) is 0.446. The van der Waals surface area contributed by atoms with Gasteiger partial charge in [-0.1, -0.05) is 38.1 Å². The van der Waals surface area contributed by atoms with E-state index < -0.39 is 4.92 Å². The second-order valence-corrected chi connectivity index (χ2v) is 7.04. The molecule has 0 aliphatic carbocycles. The largest absolute Gasteiger partial charge is 0.272 e. The minimum atomic E-state index is -0.452. The number of hydrogen-bond acceptors (Lipinski definition) is 4. The van der Waals surface area contributed by atoms with E-state index in [0.717, 1.165) is 12.0 Å². The molecule has 0 bridgehead atoms. The average molecular weight is 367 g/mol. The highest BCUT2D eigenvalue weighted by atomic mass is 16.6. The van der Waals surface area contributed by atoms with E-state index in [4.69, 9.17) is 0 Å². The van der Waals surface area contributed by atoms with Gasteiger partial charge in [0.25, 0.3) is 5.69 Å². The number of hydrazone groups is 1. The maximum Gasteiger partial charge on any atom is 0.269 e. The third kappa shape index (κ3) is 5.74. The van der Waals surface area contributed by atoms with Crippen LogP contribution in [0, 0.1) is 16.0 Å². The maximum absolute atomic E-state index is 12.4. The number of nitro groups is 1. The lowest BCUT2D eigenvalue weighted by molar-refractivity contribution is -0.384. The number of nitrogens with one attached hydrogen (secondary N) is 1. The van der Waals surface area contributed by atoms with Crippen molar-refractivity contribution < 1.29 is 9.72 Å². The van der Waals surface area contributed by atoms with Gasteiger partial charge >= 0.3 is 0 Å². The van der Waals surface area contributed by atoms with Crippen LogP contribution >= 0.6 is 0 Å². The zero-order chi connectivity index (χ0) is 20.0. The molecule has 6 nitrogen and oxygen atoms in total. The summed E-state index contributed by atoms with van der Waals surface area (Å²) in [6, 6.07) is 14.1. The Hall–Kier alpha value is -3.02. The van der Waals surface area contributed by atoms with E-state index in [1.165, 1.54) is 17.7 Å². The van der Waals surface area contributed by atoms with Gasteiger partial charge < -0.3 is 0 Å². The molecule has 27 heavy (non-hydrogen) atoms. The van der Waals surface area contributed by atoms with E-state index in [-0.39, 0.29) is 17.5 Å². The van der Waals surface area contributed by atoms with E-state index >= 15 is 0 Å². The highest BCUT2D eigenvalue weighted by molar-refractivity contribution is 5.99. The molecule has 0 aromatic heterocycles. The Kier molecular flexibility index (Phi) is 6.82. The van der Waals surface area contributed by atoms with E-state index in [1.807, 2.05) is 19.1 Å². The Balaban J connectivity index is 2.00. The first-order valence-electron chi connectivity index (χ1n) is 8.95. The lowest BCUT2D eigenvalue weighted by Gasteiger charge is -2.12. The number of non-ortho nitro benzene ring substituents is 1. The van der Waals surface area contributed by atoms with Crippen LogP contribution in [0.1, 0.15) is 50.3 Å². The van der Waals surface area contributed by atoms with Crippen molar-refractivity contribution in [3.05, 3.63) is 75.3 Å². The first-order valence-corrected chi connectivity index (χ1v) is 8.95. The molecule has 6 heteroatoms. The summed E-state index contributed by atoms with van der Waals surface area (Å²) >= 11 is 0. The Bertz CT molecular complexity index is 825. The molecule has 0 saturated carbocycles. The highest BCUT2D eigenvalue weighted by Gasteiger charge is 2.15. The predicted molar refractivity (Wildman–Crippen MR) is 107 cm³/mol. The molecule has 142 valence electrons. The molecule has 2 aromatic carbocycles. The second-order valence-electron chi connectivity index (χ2n) is 7.04. The summed E-state index contributed by atoms with van der Waals surface area (Å²) in [5.41, 5.74) is 6.08. The van der Waals surface area contributed by atoms with Gasteiger partial charge in [-0.25, -0.2) is 5.43 Å². The first-order chi connectivity index (χ1) is 12.8. The van der Waals surface area contributed by atoms with Crippen molar-refractivity contribution in [3.63, 3.8) is 0 Å². The molecule has 2 rings (SSSR count). The van der Waals surface area contributed by atoms with Crippen molar-refractivity contribution in [1.29, 1.82) is 0 Å². The molecule has 0 aliphatic heterocycles. The number of hydrogen-bond donors (Lipinski definition) is 1. The molecule has 0 radical (unpaired) electrons. The van der Waals surface area contributed by atoms with Gasteiger partial charge in [0.05, 0.1) is 16.6 Å². The SMILES string of the molecule is C/C(=N\NC(=O)C(C)c1ccc(CC(C)C)cc1)c1ccc([N+](=O)[O-])cc1. The van der Waals surface area contributed by atoms with Crippen LogP contribution in [0.5, 0.6) is 0 Å². The smallest absolute Gasteiger partial charge is 0.269 e. The maximum atomic E-state index is 12.4. The van der Waals surface area contributed by atoms with Crippen molar-refractivity contribution >= 4 is 17.3 Å². The summed E-state index contributed by atoms with van der Waals surface area (Å²) in [5, 5.41) is 14.8. The van der Waals surface area contributed by atoms with Gasteiger partial charge in [-0.3, -0.25) is 14.9 Å². The van der Waals surface area contributed by atoms with Gasteiger partial charge in [0.15, 0.2) is 0 Å². The third-order valence-electron chi connectivity index (χ3n) is 4.35. The summed E-state index contributed by atoms with van der Waals surface area (Å²) in [4.78, 5) is 22.6. The molecule has 0 heterocycles. The molecule has 0 spiro atoms. The normalized spacial score (nSPS) is 12.7. The van der Waals surface area contributed by atoms with Crippen molar-refractivity contribution in [1.82, 2.24) is 5.43 Å². The first kappa shape index (κ1) is 20.3. The summed E-state index contributed by atoms with van der Waals surface area (Å²) in [6.45, 7) is 7.93. The van der Waals surface area contributed by atoms with Crippen LogP contribution in [0.25, 0.3) is 0 Å². The van der Waals surface area contributed by atoms with Gasteiger partial charge in [-0.2, -0.15) is 5.10 Å². The van der Waals surface area contributed by atoms with Gasteiger partial charge in [0, 0.05) is 12.1 Å². The standard InChI is InChI=1S/C21H25N3O3/c1-14(2)13-17-5-7-18(8-6-17)15(3)21(25)23-22-16(4)19-9-11-20(12-10-19)24(26)27/h5-12,14-15H,13H2,1-4H3,(H,23,25)/b22-16+. The molecule has 0 saturated heterocycles. The molecule has 1 N–H and O–H groups in total. The minimum Gasteiger partial charge on any atom is -0.272 e. The van der Waals surface area contributed by atoms with Crippen LogP contribution in [0.3, 0.4) is 0 Å². The van der Waals surface area contributed by atoms with Crippen molar-refractivity contribution in [2.45, 2.75) is 40.0 Å². The number of nitrogens with zero attached hydrogens (tertiary/aromatic N) is 2.